The van der Waals surface area contributed by atoms with Crippen molar-refractivity contribution in [1.29, 1.82) is 0 Å². The van der Waals surface area contributed by atoms with Crippen LogP contribution in [0.4, 0.5) is 5.95 Å². The highest BCUT2D eigenvalue weighted by atomic mass is 16.5. The minimum absolute atomic E-state index is 0.154. The minimum Gasteiger partial charge on any atom is -0.381 e. The van der Waals surface area contributed by atoms with Crippen molar-refractivity contribution < 1.29 is 9.47 Å². The first-order chi connectivity index (χ1) is 10.8. The van der Waals surface area contributed by atoms with E-state index in [9.17, 15) is 0 Å². The number of nitrogens with two attached hydrogens (primary N) is 1. The first kappa shape index (κ1) is 13.9. The third kappa shape index (κ3) is 2.43. The Bertz CT molecular complexity index is 661. The molecule has 3 N–H and O–H groups in total. The van der Waals surface area contributed by atoms with Crippen molar-refractivity contribution in [3.8, 4) is 0 Å². The lowest BCUT2D eigenvalue weighted by molar-refractivity contribution is 0.0222. The maximum absolute atomic E-state index is 6.06. The Morgan fingerprint density at radius 1 is 1.23 bits per heavy atom. The van der Waals surface area contributed by atoms with Crippen LogP contribution in [0, 0.1) is 0 Å². The molecule has 1 atom stereocenters. The molecule has 8 nitrogen and oxygen atoms in total. The van der Waals surface area contributed by atoms with Crippen molar-refractivity contribution in [3.63, 3.8) is 0 Å². The molecule has 2 aliphatic rings. The highest BCUT2D eigenvalue weighted by molar-refractivity contribution is 5.51. The van der Waals surface area contributed by atoms with Crippen LogP contribution in [-0.2, 0) is 9.47 Å². The number of hydrogen-bond donors (Lipinski definition) is 2. The third-order valence-electron chi connectivity index (χ3n) is 4.31. The second kappa shape index (κ2) is 5.79. The highest BCUT2D eigenvalue weighted by Gasteiger charge is 2.25. The fourth-order valence-corrected chi connectivity index (χ4v) is 3.10. The number of nitrogens with zero attached hydrogens (tertiary/aromatic N) is 4. The van der Waals surface area contributed by atoms with Gasteiger partial charge in [0, 0.05) is 31.9 Å². The second-order valence-corrected chi connectivity index (χ2v) is 5.73. The Balaban J connectivity index is 1.74. The molecule has 118 valence electrons. The Kier molecular flexibility index (Phi) is 3.65. The number of nitrogen functional groups attached to an aromatic ring is 1. The number of hydrogen-bond acceptors (Lipinski definition) is 7. The molecule has 2 fully saturated rings. The fourth-order valence-electron chi connectivity index (χ4n) is 3.10. The van der Waals surface area contributed by atoms with E-state index in [1.165, 1.54) is 0 Å². The lowest BCUT2D eigenvalue weighted by atomic mass is 9.94. The molecule has 0 radical (unpaired) electrons. The Hall–Kier alpha value is -1.77. The zero-order valence-corrected chi connectivity index (χ0v) is 12.4. The van der Waals surface area contributed by atoms with E-state index >= 15 is 0 Å². The van der Waals surface area contributed by atoms with Crippen molar-refractivity contribution in [2.75, 3.05) is 38.6 Å². The van der Waals surface area contributed by atoms with Gasteiger partial charge in [0.15, 0.2) is 11.5 Å². The van der Waals surface area contributed by atoms with Gasteiger partial charge in [-0.2, -0.15) is 14.6 Å². The van der Waals surface area contributed by atoms with E-state index in [0.717, 1.165) is 43.8 Å². The van der Waals surface area contributed by atoms with E-state index < -0.39 is 0 Å². The number of nitrogens with one attached hydrogen (secondary N) is 1. The van der Waals surface area contributed by atoms with E-state index in [2.05, 4.69) is 15.4 Å². The van der Waals surface area contributed by atoms with Crippen LogP contribution in [0.25, 0.3) is 5.65 Å². The van der Waals surface area contributed by atoms with Gasteiger partial charge in [-0.15, -0.1) is 0 Å². The lowest BCUT2D eigenvalue weighted by Crippen LogP contribution is -2.34. The van der Waals surface area contributed by atoms with Crippen LogP contribution in [-0.4, -0.2) is 52.5 Å². The molecule has 22 heavy (non-hydrogen) atoms. The molecule has 0 aliphatic carbocycles. The van der Waals surface area contributed by atoms with Gasteiger partial charge in [-0.05, 0) is 18.8 Å². The van der Waals surface area contributed by atoms with Crippen molar-refractivity contribution in [1.82, 2.24) is 24.9 Å². The summed E-state index contributed by atoms with van der Waals surface area (Å²) in [4.78, 5) is 9.06. The summed E-state index contributed by atoms with van der Waals surface area (Å²) >= 11 is 0. The first-order valence-electron chi connectivity index (χ1n) is 7.74. The Morgan fingerprint density at radius 2 is 2.09 bits per heavy atom. The average Bonchev–Trinajstić information content (AvgIpc) is 3.01. The molecule has 4 rings (SSSR count). The van der Waals surface area contributed by atoms with E-state index in [4.69, 9.17) is 20.2 Å². The van der Waals surface area contributed by atoms with Gasteiger partial charge in [-0.25, -0.2) is 4.98 Å². The predicted octanol–water partition coefficient (Wildman–Crippen LogP) is 0.261. The fraction of sp³-hybridized carbons (Fsp3) is 0.643. The third-order valence-corrected chi connectivity index (χ3v) is 4.31. The predicted molar refractivity (Wildman–Crippen MR) is 79.6 cm³/mol. The van der Waals surface area contributed by atoms with E-state index in [-0.39, 0.29) is 6.10 Å². The molecule has 0 saturated carbocycles. The van der Waals surface area contributed by atoms with E-state index in [1.54, 1.807) is 4.52 Å². The number of anilines is 1. The summed E-state index contributed by atoms with van der Waals surface area (Å²) < 4.78 is 12.8. The molecular weight excluding hydrogens is 284 g/mol. The maximum atomic E-state index is 6.06. The minimum atomic E-state index is -0.154. The van der Waals surface area contributed by atoms with Gasteiger partial charge in [-0.3, -0.25) is 0 Å². The SMILES string of the molecule is Nc1nc(C2CNCCO2)nc2c(C3CCOCC3)cnn12. The number of aromatic nitrogens is 4. The van der Waals surface area contributed by atoms with Gasteiger partial charge in [0.1, 0.15) is 6.10 Å². The Labute approximate surface area is 128 Å². The van der Waals surface area contributed by atoms with Gasteiger partial charge in [-0.1, -0.05) is 0 Å². The van der Waals surface area contributed by atoms with Crippen LogP contribution in [0.3, 0.4) is 0 Å². The van der Waals surface area contributed by atoms with E-state index in [1.807, 2.05) is 6.20 Å². The summed E-state index contributed by atoms with van der Waals surface area (Å²) in [5.41, 5.74) is 7.98. The maximum Gasteiger partial charge on any atom is 0.225 e. The van der Waals surface area contributed by atoms with Gasteiger partial charge in [0.05, 0.1) is 12.8 Å². The molecule has 8 heteroatoms. The number of morpholine rings is 1. The molecule has 0 amide bonds. The molecule has 1 unspecified atom stereocenters. The van der Waals surface area contributed by atoms with Gasteiger partial charge >= 0.3 is 0 Å². The molecule has 4 heterocycles. The number of ether oxygens (including phenoxy) is 2. The van der Waals surface area contributed by atoms with Crippen molar-refractivity contribution in [2.24, 2.45) is 0 Å². The highest BCUT2D eigenvalue weighted by Crippen LogP contribution is 2.30. The number of fused-ring (bicyclic) bond motifs is 1. The molecule has 2 aliphatic heterocycles. The van der Waals surface area contributed by atoms with Crippen LogP contribution in [0.2, 0.25) is 0 Å². The first-order valence-corrected chi connectivity index (χ1v) is 7.74. The van der Waals surface area contributed by atoms with Crippen LogP contribution < -0.4 is 11.1 Å². The zero-order chi connectivity index (χ0) is 14.9. The summed E-state index contributed by atoms with van der Waals surface area (Å²) in [6, 6.07) is 0. The molecule has 2 aromatic rings. The van der Waals surface area contributed by atoms with Crippen LogP contribution in [0.15, 0.2) is 6.20 Å². The standard InChI is InChI=1S/C14H20N6O2/c15-14-19-12(11-8-16-3-6-22-11)18-13-10(7-17-20(13)14)9-1-4-21-5-2-9/h7,9,11,16H,1-6,8H2,(H2,15,18,19). The molecular formula is C14H20N6O2. The molecule has 2 aromatic heterocycles. The molecule has 0 spiro atoms. The largest absolute Gasteiger partial charge is 0.381 e. The van der Waals surface area contributed by atoms with Gasteiger partial charge < -0.3 is 20.5 Å². The van der Waals surface area contributed by atoms with Crippen molar-refractivity contribution >= 4 is 11.6 Å². The van der Waals surface area contributed by atoms with Crippen molar-refractivity contribution in [2.45, 2.75) is 24.9 Å². The van der Waals surface area contributed by atoms with E-state index in [0.29, 0.717) is 30.8 Å². The molecule has 0 aromatic carbocycles. The second-order valence-electron chi connectivity index (χ2n) is 5.73. The van der Waals surface area contributed by atoms with Gasteiger partial charge in [0.25, 0.3) is 0 Å². The molecule has 0 bridgehead atoms. The zero-order valence-electron chi connectivity index (χ0n) is 12.4. The van der Waals surface area contributed by atoms with Crippen LogP contribution in [0.1, 0.15) is 36.3 Å². The summed E-state index contributed by atoms with van der Waals surface area (Å²) in [5, 5.41) is 7.64. The average molecular weight is 304 g/mol. The summed E-state index contributed by atoms with van der Waals surface area (Å²) in [5.74, 6) is 1.40. The molecule has 2 saturated heterocycles. The monoisotopic (exact) mass is 304 g/mol. The van der Waals surface area contributed by atoms with Crippen LogP contribution >= 0.6 is 0 Å². The van der Waals surface area contributed by atoms with Crippen molar-refractivity contribution in [3.05, 3.63) is 17.6 Å². The summed E-state index contributed by atoms with van der Waals surface area (Å²) in [7, 11) is 0. The topological polar surface area (TPSA) is 99.6 Å². The lowest BCUT2D eigenvalue weighted by Gasteiger charge is -2.23. The quantitative estimate of drug-likeness (QED) is 0.821. The number of rotatable bonds is 2. The summed E-state index contributed by atoms with van der Waals surface area (Å²) in [6.45, 7) is 3.78. The Morgan fingerprint density at radius 3 is 2.86 bits per heavy atom. The summed E-state index contributed by atoms with van der Waals surface area (Å²) in [6.07, 6.45) is 3.68. The van der Waals surface area contributed by atoms with Crippen LogP contribution in [0.5, 0.6) is 0 Å². The smallest absolute Gasteiger partial charge is 0.225 e. The normalized spacial score (nSPS) is 23.9. The van der Waals surface area contributed by atoms with Gasteiger partial charge in [0.2, 0.25) is 5.95 Å².